The second kappa shape index (κ2) is 11.2. The molecule has 10 nitrogen and oxygen atoms in total. The average molecular weight is 533 g/mol. The second-order valence-corrected chi connectivity index (χ2v) is 8.95. The number of H-pyrrole nitrogens is 1. The Morgan fingerprint density at radius 2 is 2.11 bits per heavy atom. The van der Waals surface area contributed by atoms with E-state index in [1.807, 2.05) is 12.2 Å². The van der Waals surface area contributed by atoms with E-state index in [-0.39, 0.29) is 18.2 Å². The number of allylic oxidation sites excluding steroid dienone is 1. The Morgan fingerprint density at radius 3 is 2.95 bits per heavy atom. The molecule has 192 valence electrons. The molecule has 5 rings (SSSR count). The van der Waals surface area contributed by atoms with Gasteiger partial charge in [-0.05, 0) is 65.7 Å². The summed E-state index contributed by atoms with van der Waals surface area (Å²) in [4.78, 5) is 33.0. The van der Waals surface area contributed by atoms with E-state index in [9.17, 15) is 14.0 Å². The Morgan fingerprint density at radius 1 is 1.21 bits per heavy atom. The SMILES string of the molecule is O=C(/C=C/c1cc(Cl)ccc1-n1cnnn1)N[C@H]1CC=CCCC(=O)Nc2cc(F)ccc2-c2cnc1[nH]2. The number of imidazole rings is 1. The number of nitrogens with zero attached hydrogens (tertiary/aromatic N) is 5. The number of carbonyl (C=O) groups excluding carboxylic acids is 2. The first-order valence-corrected chi connectivity index (χ1v) is 12.2. The zero-order chi connectivity index (χ0) is 26.5. The molecule has 4 aromatic rings. The van der Waals surface area contributed by atoms with Crippen molar-refractivity contribution in [2.24, 2.45) is 0 Å². The monoisotopic (exact) mass is 532 g/mol. The molecule has 0 spiro atoms. The van der Waals surface area contributed by atoms with Gasteiger partial charge >= 0.3 is 0 Å². The normalized spacial score (nSPS) is 15.7. The molecule has 3 heterocycles. The van der Waals surface area contributed by atoms with Gasteiger partial charge in [-0.15, -0.1) is 5.10 Å². The molecule has 1 aliphatic heterocycles. The van der Waals surface area contributed by atoms with E-state index >= 15 is 0 Å². The number of hydrogen-bond acceptors (Lipinski definition) is 6. The van der Waals surface area contributed by atoms with Crippen LogP contribution in [-0.2, 0) is 9.59 Å². The molecule has 0 unspecified atom stereocenters. The van der Waals surface area contributed by atoms with E-state index in [0.717, 1.165) is 0 Å². The van der Waals surface area contributed by atoms with Gasteiger partial charge in [0, 0.05) is 28.6 Å². The van der Waals surface area contributed by atoms with Crippen LogP contribution in [-0.4, -0.2) is 42.0 Å². The molecule has 0 saturated carbocycles. The van der Waals surface area contributed by atoms with E-state index < -0.39 is 11.9 Å². The van der Waals surface area contributed by atoms with Crippen molar-refractivity contribution >= 4 is 35.2 Å². The van der Waals surface area contributed by atoms with Crippen molar-refractivity contribution in [3.63, 3.8) is 0 Å². The van der Waals surface area contributed by atoms with Crippen molar-refractivity contribution in [2.75, 3.05) is 5.32 Å². The number of rotatable bonds is 4. The molecule has 2 aromatic carbocycles. The molecule has 1 atom stereocenters. The lowest BCUT2D eigenvalue weighted by Gasteiger charge is -2.14. The first-order valence-electron chi connectivity index (χ1n) is 11.8. The maximum atomic E-state index is 13.9. The summed E-state index contributed by atoms with van der Waals surface area (Å²) in [5.41, 5.74) is 2.82. The van der Waals surface area contributed by atoms with Crippen molar-refractivity contribution in [2.45, 2.75) is 25.3 Å². The van der Waals surface area contributed by atoms with Gasteiger partial charge in [-0.1, -0.05) is 23.8 Å². The van der Waals surface area contributed by atoms with Crippen LogP contribution in [0.15, 0.2) is 67.2 Å². The molecule has 0 saturated heterocycles. The van der Waals surface area contributed by atoms with Crippen LogP contribution >= 0.6 is 11.6 Å². The van der Waals surface area contributed by atoms with Gasteiger partial charge in [-0.2, -0.15) is 4.68 Å². The smallest absolute Gasteiger partial charge is 0.244 e. The Hall–Kier alpha value is -4.64. The minimum Gasteiger partial charge on any atom is -0.342 e. The van der Waals surface area contributed by atoms with Crippen LogP contribution in [0.2, 0.25) is 5.02 Å². The van der Waals surface area contributed by atoms with Gasteiger partial charge in [0.2, 0.25) is 11.8 Å². The summed E-state index contributed by atoms with van der Waals surface area (Å²) < 4.78 is 15.4. The Labute approximate surface area is 221 Å². The third-order valence-electron chi connectivity index (χ3n) is 5.86. The summed E-state index contributed by atoms with van der Waals surface area (Å²) >= 11 is 6.17. The number of nitrogens with one attached hydrogen (secondary N) is 3. The summed E-state index contributed by atoms with van der Waals surface area (Å²) in [5.74, 6) is -0.526. The highest BCUT2D eigenvalue weighted by Crippen LogP contribution is 2.29. The van der Waals surface area contributed by atoms with Gasteiger partial charge in [-0.3, -0.25) is 9.59 Å². The second-order valence-electron chi connectivity index (χ2n) is 8.52. The number of carbonyl (C=O) groups is 2. The molecular weight excluding hydrogens is 511 g/mol. The van der Waals surface area contributed by atoms with Gasteiger partial charge in [0.25, 0.3) is 0 Å². The predicted molar refractivity (Wildman–Crippen MR) is 140 cm³/mol. The lowest BCUT2D eigenvalue weighted by atomic mass is 10.1. The first kappa shape index (κ1) is 25.0. The summed E-state index contributed by atoms with van der Waals surface area (Å²) in [6.07, 6.45) is 11.0. The summed E-state index contributed by atoms with van der Waals surface area (Å²) in [5, 5.41) is 17.4. The van der Waals surface area contributed by atoms with Crippen LogP contribution in [0.25, 0.3) is 23.0 Å². The number of hydrogen-bond donors (Lipinski definition) is 3. The highest BCUT2D eigenvalue weighted by molar-refractivity contribution is 6.30. The number of tetrazole rings is 1. The molecule has 1 aliphatic rings. The number of benzene rings is 2. The molecule has 38 heavy (non-hydrogen) atoms. The zero-order valence-electron chi connectivity index (χ0n) is 19.9. The van der Waals surface area contributed by atoms with Gasteiger partial charge in [-0.25, -0.2) is 9.37 Å². The fourth-order valence-corrected chi connectivity index (χ4v) is 4.23. The van der Waals surface area contributed by atoms with E-state index in [4.69, 9.17) is 11.6 Å². The van der Waals surface area contributed by atoms with Crippen molar-refractivity contribution in [3.8, 4) is 16.9 Å². The molecule has 3 N–H and O–H groups in total. The Kier molecular flexibility index (Phi) is 7.36. The molecule has 2 aromatic heterocycles. The molecule has 2 amide bonds. The molecule has 2 bridgehead atoms. The first-order chi connectivity index (χ1) is 18.5. The molecule has 0 fully saturated rings. The maximum absolute atomic E-state index is 13.9. The number of aromatic amines is 1. The molecule has 12 heteroatoms. The fourth-order valence-electron chi connectivity index (χ4n) is 4.05. The van der Waals surface area contributed by atoms with Crippen LogP contribution in [0.5, 0.6) is 0 Å². The summed E-state index contributed by atoms with van der Waals surface area (Å²) in [6, 6.07) is 8.84. The maximum Gasteiger partial charge on any atom is 0.244 e. The number of halogens is 2. The number of amides is 2. The standard InChI is InChI=1S/C26H22ClFN8O2/c27-17-7-10-23(36-15-30-34-35-36)16(12-17)6-11-25(38)31-20-4-2-1-3-5-24(37)32-21-13-18(28)8-9-19(21)22-14-29-26(20)33-22/h1-2,6-15,20H,3-5H2,(H,29,33)(H,31,38)(H,32,37)/b2-1?,11-6+/t20-/m0/s1. The minimum atomic E-state index is -0.483. The highest BCUT2D eigenvalue weighted by Gasteiger charge is 2.19. The quantitative estimate of drug-likeness (QED) is 0.264. The van der Waals surface area contributed by atoms with Gasteiger partial charge in [0.1, 0.15) is 18.0 Å². The van der Waals surface area contributed by atoms with Crippen molar-refractivity contribution in [3.05, 3.63) is 89.4 Å². The van der Waals surface area contributed by atoms with Crippen molar-refractivity contribution in [1.82, 2.24) is 35.5 Å². The molecular formula is C26H22ClFN8O2. The van der Waals surface area contributed by atoms with Crippen LogP contribution in [0.1, 0.15) is 36.7 Å². The van der Waals surface area contributed by atoms with E-state index in [0.29, 0.717) is 51.9 Å². The number of fused-ring (bicyclic) bond motifs is 4. The van der Waals surface area contributed by atoms with Crippen LogP contribution in [0, 0.1) is 5.82 Å². The zero-order valence-corrected chi connectivity index (χ0v) is 20.7. The third kappa shape index (κ3) is 5.84. The lowest BCUT2D eigenvalue weighted by Crippen LogP contribution is -2.27. The van der Waals surface area contributed by atoms with Crippen LogP contribution in [0.4, 0.5) is 10.1 Å². The summed E-state index contributed by atoms with van der Waals surface area (Å²) in [6.45, 7) is 0. The van der Waals surface area contributed by atoms with Gasteiger partial charge in [0.15, 0.2) is 0 Å². The lowest BCUT2D eigenvalue weighted by molar-refractivity contribution is -0.117. The fraction of sp³-hybridized carbons (Fsp3) is 0.154. The van der Waals surface area contributed by atoms with Crippen LogP contribution in [0.3, 0.4) is 0 Å². The largest absolute Gasteiger partial charge is 0.342 e. The number of aromatic nitrogens is 6. The van der Waals surface area contributed by atoms with Gasteiger partial charge < -0.3 is 15.6 Å². The highest BCUT2D eigenvalue weighted by atomic mass is 35.5. The topological polar surface area (TPSA) is 130 Å². The molecule has 0 radical (unpaired) electrons. The van der Waals surface area contributed by atoms with Gasteiger partial charge in [0.05, 0.1) is 29.3 Å². The summed E-state index contributed by atoms with van der Waals surface area (Å²) in [7, 11) is 0. The van der Waals surface area contributed by atoms with Crippen LogP contribution < -0.4 is 10.6 Å². The van der Waals surface area contributed by atoms with E-state index in [1.54, 1.807) is 36.5 Å². The predicted octanol–water partition coefficient (Wildman–Crippen LogP) is 4.39. The van der Waals surface area contributed by atoms with E-state index in [2.05, 4.69) is 36.1 Å². The molecule has 0 aliphatic carbocycles. The third-order valence-corrected chi connectivity index (χ3v) is 6.10. The Bertz CT molecular complexity index is 1530. The number of anilines is 1. The Balaban J connectivity index is 1.40. The van der Waals surface area contributed by atoms with E-state index in [1.165, 1.54) is 29.2 Å². The van der Waals surface area contributed by atoms with Crippen molar-refractivity contribution < 1.29 is 14.0 Å². The minimum absolute atomic E-state index is 0.225. The average Bonchev–Trinajstić information content (AvgIpc) is 3.59. The van der Waals surface area contributed by atoms with Crippen molar-refractivity contribution in [1.29, 1.82) is 0 Å².